The van der Waals surface area contributed by atoms with Crippen LogP contribution in [0.15, 0.2) is 16.0 Å². The third kappa shape index (κ3) is 2.68. The molecule has 2 bridgehead atoms. The average molecular weight is 392 g/mol. The maximum absolute atomic E-state index is 13.3. The molecule has 4 heterocycles. The van der Waals surface area contributed by atoms with Crippen LogP contribution in [-0.2, 0) is 36.6 Å². The van der Waals surface area contributed by atoms with Crippen molar-refractivity contribution < 1.29 is 8.42 Å². The van der Waals surface area contributed by atoms with Crippen molar-refractivity contribution in [3.05, 3.63) is 28.3 Å². The van der Waals surface area contributed by atoms with Gasteiger partial charge >= 0.3 is 5.69 Å². The van der Waals surface area contributed by atoms with Crippen LogP contribution in [0.3, 0.4) is 0 Å². The maximum Gasteiger partial charge on any atom is 0.345 e. The smallest absolute Gasteiger partial charge is 0.337 e. The van der Waals surface area contributed by atoms with Crippen molar-refractivity contribution in [3.8, 4) is 0 Å². The first kappa shape index (κ1) is 17.2. The predicted octanol–water partition coefficient (Wildman–Crippen LogP) is 0.275. The molecule has 0 N–H and O–H groups in total. The fourth-order valence-corrected chi connectivity index (χ4v) is 6.25. The lowest BCUT2D eigenvalue weighted by Crippen LogP contribution is -2.43. The molecule has 1 saturated heterocycles. The van der Waals surface area contributed by atoms with E-state index in [4.69, 9.17) is 0 Å². The molecule has 0 radical (unpaired) electrons. The summed E-state index contributed by atoms with van der Waals surface area (Å²) in [6, 6.07) is -0.389. The van der Waals surface area contributed by atoms with Gasteiger partial charge in [-0.2, -0.15) is 9.40 Å². The Morgan fingerprint density at radius 1 is 1.19 bits per heavy atom. The molecule has 27 heavy (non-hydrogen) atoms. The van der Waals surface area contributed by atoms with Crippen molar-refractivity contribution in [1.29, 1.82) is 0 Å². The van der Waals surface area contributed by atoms with Gasteiger partial charge in [0.2, 0.25) is 0 Å². The minimum Gasteiger partial charge on any atom is -0.337 e. The molecule has 10 heteroatoms. The highest BCUT2D eigenvalue weighted by atomic mass is 32.2. The van der Waals surface area contributed by atoms with E-state index in [0.717, 1.165) is 25.7 Å². The SMILES string of the molecule is Cc1nc(S(=O)(=O)N2C3CCC2Cn2c(nn(CC4CC4)c2=O)C3)cn1C. The molecule has 2 fully saturated rings. The third-order valence-electron chi connectivity index (χ3n) is 6.12. The zero-order chi connectivity index (χ0) is 18.9. The zero-order valence-electron chi connectivity index (χ0n) is 15.6. The summed E-state index contributed by atoms with van der Waals surface area (Å²) in [5.74, 6) is 1.94. The Bertz CT molecular complexity index is 1040. The van der Waals surface area contributed by atoms with Gasteiger partial charge in [-0.3, -0.25) is 4.57 Å². The Hall–Kier alpha value is -1.94. The molecule has 5 rings (SSSR count). The lowest BCUT2D eigenvalue weighted by molar-refractivity contribution is 0.311. The Morgan fingerprint density at radius 2 is 1.93 bits per heavy atom. The van der Waals surface area contributed by atoms with E-state index < -0.39 is 10.0 Å². The van der Waals surface area contributed by atoms with Gasteiger partial charge in [-0.25, -0.2) is 22.9 Å². The van der Waals surface area contributed by atoms with Gasteiger partial charge in [-0.05, 0) is 38.5 Å². The number of hydrogen-bond donors (Lipinski definition) is 0. The zero-order valence-corrected chi connectivity index (χ0v) is 16.4. The number of nitrogens with zero attached hydrogens (tertiary/aromatic N) is 6. The topological polar surface area (TPSA) is 95.0 Å². The van der Waals surface area contributed by atoms with E-state index in [1.54, 1.807) is 38.3 Å². The van der Waals surface area contributed by atoms with Gasteiger partial charge in [0.15, 0.2) is 5.03 Å². The summed E-state index contributed by atoms with van der Waals surface area (Å²) < 4.78 is 33.1. The second-order valence-corrected chi connectivity index (χ2v) is 9.89. The second kappa shape index (κ2) is 5.78. The first-order valence-electron chi connectivity index (χ1n) is 9.54. The Balaban J connectivity index is 1.50. The largest absolute Gasteiger partial charge is 0.345 e. The van der Waals surface area contributed by atoms with Crippen LogP contribution in [0, 0.1) is 12.8 Å². The molecule has 0 aromatic carbocycles. The molecule has 2 aliphatic heterocycles. The van der Waals surface area contributed by atoms with Gasteiger partial charge in [0.05, 0.1) is 0 Å². The quantitative estimate of drug-likeness (QED) is 0.745. The Kier molecular flexibility index (Phi) is 3.68. The summed E-state index contributed by atoms with van der Waals surface area (Å²) in [6.45, 7) is 2.85. The molecule has 3 aliphatic rings. The fraction of sp³-hybridized carbons (Fsp3) is 0.706. The van der Waals surface area contributed by atoms with Crippen LogP contribution in [0.5, 0.6) is 0 Å². The molecule has 146 valence electrons. The molecule has 2 aromatic rings. The van der Waals surface area contributed by atoms with Crippen molar-refractivity contribution in [2.45, 2.75) is 69.2 Å². The molecule has 1 aliphatic carbocycles. The van der Waals surface area contributed by atoms with Crippen molar-refractivity contribution >= 4 is 10.0 Å². The molecule has 9 nitrogen and oxygen atoms in total. The minimum absolute atomic E-state index is 0.0880. The van der Waals surface area contributed by atoms with E-state index >= 15 is 0 Å². The number of hydrogen-bond acceptors (Lipinski definition) is 5. The number of rotatable bonds is 4. The molecule has 1 saturated carbocycles. The van der Waals surface area contributed by atoms with E-state index in [1.165, 1.54) is 0 Å². The van der Waals surface area contributed by atoms with Crippen molar-refractivity contribution in [2.24, 2.45) is 13.0 Å². The van der Waals surface area contributed by atoms with Crippen LogP contribution in [0.2, 0.25) is 0 Å². The summed E-state index contributed by atoms with van der Waals surface area (Å²) in [5, 5.41) is 4.63. The summed E-state index contributed by atoms with van der Waals surface area (Å²) in [6.07, 6.45) is 5.92. The fourth-order valence-electron chi connectivity index (χ4n) is 4.36. The van der Waals surface area contributed by atoms with Gasteiger partial charge in [0, 0.05) is 44.8 Å². The first-order valence-corrected chi connectivity index (χ1v) is 11.0. The van der Waals surface area contributed by atoms with E-state index in [0.29, 0.717) is 37.1 Å². The highest BCUT2D eigenvalue weighted by Crippen LogP contribution is 2.35. The number of aromatic nitrogens is 5. The lowest BCUT2D eigenvalue weighted by Gasteiger charge is -2.25. The molecule has 2 atom stereocenters. The van der Waals surface area contributed by atoms with Crippen molar-refractivity contribution in [3.63, 3.8) is 0 Å². The monoisotopic (exact) mass is 392 g/mol. The van der Waals surface area contributed by atoms with E-state index in [1.807, 2.05) is 0 Å². The van der Waals surface area contributed by atoms with E-state index in [-0.39, 0.29) is 22.8 Å². The van der Waals surface area contributed by atoms with E-state index in [9.17, 15) is 13.2 Å². The van der Waals surface area contributed by atoms with Gasteiger partial charge in [-0.1, -0.05) is 0 Å². The highest BCUT2D eigenvalue weighted by Gasteiger charge is 2.46. The van der Waals surface area contributed by atoms with Crippen LogP contribution in [-0.4, -0.2) is 48.7 Å². The van der Waals surface area contributed by atoms with Gasteiger partial charge in [0.1, 0.15) is 11.6 Å². The molecule has 2 unspecified atom stereocenters. The predicted molar refractivity (Wildman–Crippen MR) is 96.7 cm³/mol. The van der Waals surface area contributed by atoms with Crippen LogP contribution < -0.4 is 5.69 Å². The lowest BCUT2D eigenvalue weighted by atomic mass is 10.1. The molecule has 2 aromatic heterocycles. The van der Waals surface area contributed by atoms with E-state index in [2.05, 4.69) is 10.1 Å². The number of sulfonamides is 1. The van der Waals surface area contributed by atoms with Crippen LogP contribution in [0.25, 0.3) is 0 Å². The van der Waals surface area contributed by atoms with Crippen LogP contribution >= 0.6 is 0 Å². The first-order chi connectivity index (χ1) is 12.8. The molecule has 0 amide bonds. The average Bonchev–Trinajstić information content (AvgIpc) is 3.18. The molecular weight excluding hydrogens is 368 g/mol. The normalized spacial score (nSPS) is 25.6. The summed E-state index contributed by atoms with van der Waals surface area (Å²) in [4.78, 5) is 17.0. The standard InChI is InChI=1S/C17H24N6O3S/c1-11-18-16(10-20(11)2)27(25,26)23-13-5-6-14(23)9-21-15(7-13)19-22(17(21)24)8-12-3-4-12/h10,12-14H,3-9H2,1-2H3. The Morgan fingerprint density at radius 3 is 2.59 bits per heavy atom. The van der Waals surface area contributed by atoms with Crippen LogP contribution in [0.1, 0.15) is 37.3 Å². The van der Waals surface area contributed by atoms with Gasteiger partial charge < -0.3 is 4.57 Å². The minimum atomic E-state index is -3.70. The summed E-state index contributed by atoms with van der Waals surface area (Å²) >= 11 is 0. The number of aryl methyl sites for hydroxylation is 2. The van der Waals surface area contributed by atoms with Crippen LogP contribution in [0.4, 0.5) is 0 Å². The third-order valence-corrected chi connectivity index (χ3v) is 8.00. The van der Waals surface area contributed by atoms with Gasteiger partial charge in [0.25, 0.3) is 10.0 Å². The highest BCUT2D eigenvalue weighted by molar-refractivity contribution is 7.89. The number of fused-ring (bicyclic) bond motifs is 3. The van der Waals surface area contributed by atoms with Crippen molar-refractivity contribution in [2.75, 3.05) is 0 Å². The molecular formula is C17H24N6O3S. The Labute approximate surface area is 157 Å². The summed E-state index contributed by atoms with van der Waals surface area (Å²) in [7, 11) is -1.91. The van der Waals surface area contributed by atoms with Gasteiger partial charge in [-0.15, -0.1) is 0 Å². The maximum atomic E-state index is 13.3. The second-order valence-electron chi connectivity index (χ2n) is 8.10. The van der Waals surface area contributed by atoms with Crippen molar-refractivity contribution in [1.82, 2.24) is 28.2 Å². The summed E-state index contributed by atoms with van der Waals surface area (Å²) in [5.41, 5.74) is -0.101. The molecule has 0 spiro atoms. The number of imidazole rings is 1.